The number of ether oxygens (including phenoxy) is 1. The number of hydrogen-bond acceptors (Lipinski definition) is 6. The normalized spacial score (nSPS) is 12.5. The van der Waals surface area contributed by atoms with E-state index in [1.54, 1.807) is 42.6 Å². The van der Waals surface area contributed by atoms with Crippen molar-refractivity contribution in [2.45, 2.75) is 39.5 Å². The predicted octanol–water partition coefficient (Wildman–Crippen LogP) is 4.28. The molecule has 1 atom stereocenters. The highest BCUT2D eigenvalue weighted by molar-refractivity contribution is 5.94. The number of aromatic amines is 1. The maximum Gasteiger partial charge on any atom is 0.349 e. The molecule has 216 valence electrons. The van der Waals surface area contributed by atoms with E-state index in [1.165, 1.54) is 4.68 Å². The summed E-state index contributed by atoms with van der Waals surface area (Å²) in [5, 5.41) is 12.3. The van der Waals surface area contributed by atoms with Gasteiger partial charge in [-0.2, -0.15) is 4.68 Å². The van der Waals surface area contributed by atoms with Crippen LogP contribution in [0.15, 0.2) is 65.6 Å². The molecule has 41 heavy (non-hydrogen) atoms. The van der Waals surface area contributed by atoms with Gasteiger partial charge in [0.15, 0.2) is 17.4 Å². The van der Waals surface area contributed by atoms with Gasteiger partial charge in [-0.05, 0) is 56.3 Å². The second-order valence-electron chi connectivity index (χ2n) is 11.3. The highest BCUT2D eigenvalue weighted by Gasteiger charge is 2.28. The van der Waals surface area contributed by atoms with E-state index in [9.17, 15) is 4.79 Å². The molecular formula is C31H38FN7O2. The van der Waals surface area contributed by atoms with Crippen LogP contribution < -0.4 is 16.2 Å². The Bertz CT molecular complexity index is 1540. The van der Waals surface area contributed by atoms with Gasteiger partial charge in [-0.25, -0.2) is 14.2 Å². The molecule has 0 radical (unpaired) electrons. The Morgan fingerprint density at radius 2 is 1.90 bits per heavy atom. The van der Waals surface area contributed by atoms with Gasteiger partial charge in [-0.1, -0.05) is 57.2 Å². The summed E-state index contributed by atoms with van der Waals surface area (Å²) in [4.78, 5) is 22.1. The number of benzene rings is 2. The average molecular weight is 560 g/mol. The first-order chi connectivity index (χ1) is 19.5. The molecule has 1 unspecified atom stereocenters. The van der Waals surface area contributed by atoms with Crippen molar-refractivity contribution in [2.75, 3.05) is 27.2 Å². The van der Waals surface area contributed by atoms with Crippen molar-refractivity contribution in [3.63, 3.8) is 0 Å². The zero-order chi connectivity index (χ0) is 29.7. The smallest absolute Gasteiger partial charge is 0.349 e. The Hall–Kier alpha value is -4.31. The lowest BCUT2D eigenvalue weighted by Gasteiger charge is -2.28. The second kappa shape index (κ2) is 12.5. The first kappa shape index (κ1) is 29.7. The summed E-state index contributed by atoms with van der Waals surface area (Å²) in [5.41, 5.74) is 7.70. The minimum atomic E-state index is -0.639. The number of amidine groups is 1. The molecule has 2 heterocycles. The van der Waals surface area contributed by atoms with Crippen molar-refractivity contribution in [3.8, 4) is 11.6 Å². The Morgan fingerprint density at radius 1 is 1.17 bits per heavy atom. The molecule has 0 aliphatic heterocycles. The van der Waals surface area contributed by atoms with Crippen molar-refractivity contribution in [1.29, 1.82) is 5.41 Å². The van der Waals surface area contributed by atoms with Gasteiger partial charge < -0.3 is 15.4 Å². The monoisotopic (exact) mass is 559 g/mol. The molecule has 10 heteroatoms. The van der Waals surface area contributed by atoms with E-state index in [-0.39, 0.29) is 17.0 Å². The molecule has 0 saturated carbocycles. The standard InChI is InChI=1S/C31H38FN7O2/c1-6-20-15-23(27(32)25(17-20)41-19-31(2,3)18-38(4)5)24(16-21-10-12-22(13-11-21)28(33)34)29-36-30(40)39(37-29)26-9-7-8-14-35-26/h7-15,17,24H,6,16,18-19H2,1-5H3,(H3,33,34)(H,36,37,40). The number of rotatable bonds is 12. The van der Waals surface area contributed by atoms with Gasteiger partial charge in [0.25, 0.3) is 0 Å². The molecule has 0 fully saturated rings. The molecule has 0 spiro atoms. The van der Waals surface area contributed by atoms with Gasteiger partial charge >= 0.3 is 5.69 Å². The van der Waals surface area contributed by atoms with Crippen LogP contribution in [-0.2, 0) is 12.8 Å². The van der Waals surface area contributed by atoms with Crippen molar-refractivity contribution in [1.82, 2.24) is 24.6 Å². The molecule has 0 saturated heterocycles. The van der Waals surface area contributed by atoms with Crippen molar-refractivity contribution >= 4 is 5.84 Å². The molecule has 0 aliphatic carbocycles. The summed E-state index contributed by atoms with van der Waals surface area (Å²) in [5.74, 6) is -0.315. The quantitative estimate of drug-likeness (QED) is 0.176. The molecule has 2 aromatic heterocycles. The van der Waals surface area contributed by atoms with Crippen LogP contribution in [0, 0.1) is 16.6 Å². The Morgan fingerprint density at radius 3 is 2.51 bits per heavy atom. The Labute approximate surface area is 239 Å². The zero-order valence-corrected chi connectivity index (χ0v) is 24.2. The summed E-state index contributed by atoms with van der Waals surface area (Å²) < 4.78 is 23.6. The third-order valence-corrected chi connectivity index (χ3v) is 6.81. The zero-order valence-electron chi connectivity index (χ0n) is 24.2. The van der Waals surface area contributed by atoms with Crippen LogP contribution in [0.25, 0.3) is 5.82 Å². The maximum absolute atomic E-state index is 16.3. The van der Waals surface area contributed by atoms with Gasteiger partial charge in [-0.3, -0.25) is 10.4 Å². The molecule has 4 aromatic rings. The first-order valence-electron chi connectivity index (χ1n) is 13.6. The summed E-state index contributed by atoms with van der Waals surface area (Å²) in [6.07, 6.45) is 2.59. The topological polar surface area (TPSA) is 126 Å². The largest absolute Gasteiger partial charge is 0.490 e. The lowest BCUT2D eigenvalue weighted by molar-refractivity contribution is 0.137. The van der Waals surface area contributed by atoms with Crippen LogP contribution >= 0.6 is 0 Å². The minimum absolute atomic E-state index is 0.0350. The van der Waals surface area contributed by atoms with Crippen LogP contribution in [-0.4, -0.2) is 57.7 Å². The Kier molecular flexibility index (Phi) is 9.02. The predicted molar refractivity (Wildman–Crippen MR) is 159 cm³/mol. The number of aryl methyl sites for hydroxylation is 1. The second-order valence-corrected chi connectivity index (χ2v) is 11.3. The van der Waals surface area contributed by atoms with Gasteiger partial charge in [0.2, 0.25) is 0 Å². The summed E-state index contributed by atoms with van der Waals surface area (Å²) in [7, 11) is 3.99. The fourth-order valence-electron chi connectivity index (χ4n) is 4.96. The van der Waals surface area contributed by atoms with Gasteiger partial charge in [0.1, 0.15) is 11.7 Å². The van der Waals surface area contributed by atoms with E-state index < -0.39 is 17.4 Å². The van der Waals surface area contributed by atoms with Crippen molar-refractivity contribution in [3.05, 3.63) is 105 Å². The third-order valence-electron chi connectivity index (χ3n) is 6.81. The minimum Gasteiger partial charge on any atom is -0.490 e. The van der Waals surface area contributed by atoms with Crippen LogP contribution in [0.4, 0.5) is 4.39 Å². The molecule has 0 aliphatic rings. The average Bonchev–Trinajstić information content (AvgIpc) is 3.32. The fraction of sp³-hybridized carbons (Fsp3) is 0.355. The summed E-state index contributed by atoms with van der Waals surface area (Å²) in [6, 6.07) is 16.0. The molecule has 4 N–H and O–H groups in total. The number of pyridine rings is 1. The number of nitrogens with zero attached hydrogens (tertiary/aromatic N) is 4. The number of nitrogens with one attached hydrogen (secondary N) is 2. The highest BCUT2D eigenvalue weighted by atomic mass is 19.1. The van der Waals surface area contributed by atoms with Crippen molar-refractivity contribution in [2.24, 2.45) is 11.1 Å². The number of nitrogens with two attached hydrogens (primary N) is 1. The molecule has 9 nitrogen and oxygen atoms in total. The maximum atomic E-state index is 16.3. The molecular weight excluding hydrogens is 521 g/mol. The number of hydrogen-bond donors (Lipinski definition) is 3. The van der Waals surface area contributed by atoms with Crippen LogP contribution in [0.2, 0.25) is 0 Å². The third kappa shape index (κ3) is 7.26. The highest BCUT2D eigenvalue weighted by Crippen LogP contribution is 2.34. The van der Waals surface area contributed by atoms with E-state index >= 15 is 4.39 Å². The Balaban J connectivity index is 1.80. The van der Waals surface area contributed by atoms with E-state index in [0.29, 0.717) is 42.2 Å². The molecule has 4 rings (SSSR count). The van der Waals surface area contributed by atoms with Crippen LogP contribution in [0.3, 0.4) is 0 Å². The fourth-order valence-corrected chi connectivity index (χ4v) is 4.96. The van der Waals surface area contributed by atoms with E-state index in [1.807, 2.05) is 39.2 Å². The molecule has 2 aromatic carbocycles. The lowest BCUT2D eigenvalue weighted by Crippen LogP contribution is -2.33. The van der Waals surface area contributed by atoms with E-state index in [4.69, 9.17) is 15.9 Å². The number of aromatic nitrogens is 4. The van der Waals surface area contributed by atoms with E-state index in [0.717, 1.165) is 17.7 Å². The number of nitrogen functional groups attached to an aromatic ring is 1. The van der Waals surface area contributed by atoms with Gasteiger partial charge in [-0.15, -0.1) is 5.10 Å². The van der Waals surface area contributed by atoms with Crippen molar-refractivity contribution < 1.29 is 9.13 Å². The summed E-state index contributed by atoms with van der Waals surface area (Å²) in [6.45, 7) is 7.27. The first-order valence-corrected chi connectivity index (χ1v) is 13.6. The number of H-pyrrole nitrogens is 1. The molecule has 0 bridgehead atoms. The van der Waals surface area contributed by atoms with Crippen LogP contribution in [0.5, 0.6) is 5.75 Å². The van der Waals surface area contributed by atoms with Gasteiger partial charge in [0.05, 0.1) is 12.5 Å². The van der Waals surface area contributed by atoms with E-state index in [2.05, 4.69) is 33.8 Å². The lowest BCUT2D eigenvalue weighted by atomic mass is 9.89. The summed E-state index contributed by atoms with van der Waals surface area (Å²) >= 11 is 0. The SMILES string of the molecule is CCc1cc(OCC(C)(C)CN(C)C)c(F)c(C(Cc2ccc(C(=N)N)cc2)c2nn(-c3ccccn3)c(=O)[nH]2)c1. The van der Waals surface area contributed by atoms with Crippen LogP contribution in [0.1, 0.15) is 54.8 Å². The number of halogens is 1. The van der Waals surface area contributed by atoms with Gasteiger partial charge in [0, 0.05) is 29.3 Å². The molecule has 0 amide bonds.